The van der Waals surface area contributed by atoms with Crippen LogP contribution in [0.2, 0.25) is 0 Å². The predicted molar refractivity (Wildman–Crippen MR) is 153 cm³/mol. The van der Waals surface area contributed by atoms with Crippen LogP contribution in [0.3, 0.4) is 0 Å². The van der Waals surface area contributed by atoms with Crippen LogP contribution in [0.1, 0.15) is 42.4 Å². The summed E-state index contributed by atoms with van der Waals surface area (Å²) in [5.74, 6) is 0.316. The van der Waals surface area contributed by atoms with Gasteiger partial charge in [0.1, 0.15) is 0 Å². The highest BCUT2D eigenvalue weighted by atomic mass is 31.2. The number of carbonyl (C=O) groups excluding carboxylic acids is 1. The van der Waals surface area contributed by atoms with Crippen molar-refractivity contribution >= 4 is 13.6 Å². The summed E-state index contributed by atoms with van der Waals surface area (Å²) in [5.41, 5.74) is 3.14. The van der Waals surface area contributed by atoms with E-state index in [0.717, 1.165) is 34.4 Å². The van der Waals surface area contributed by atoms with Gasteiger partial charge in [-0.15, -0.1) is 0 Å². The lowest BCUT2D eigenvalue weighted by Gasteiger charge is -2.62. The summed E-state index contributed by atoms with van der Waals surface area (Å²) in [4.78, 5) is 25.9. The molecule has 214 valence electrons. The Morgan fingerprint density at radius 2 is 1.80 bits per heavy atom. The predicted octanol–water partition coefficient (Wildman–Crippen LogP) is 4.84. The number of ketones is 1. The third-order valence-corrected chi connectivity index (χ3v) is 10.6. The maximum atomic E-state index is 13.1. The minimum absolute atomic E-state index is 0.0359. The van der Waals surface area contributed by atoms with E-state index >= 15 is 0 Å². The SMILES string of the molecule is CN1CCC23c4c5ccc(OP(=O)(O)OCCCc6ccc(-c7ccccc7)cc6)c4OC2C(=O)CCC3(O)C1C5. The van der Waals surface area contributed by atoms with Crippen LogP contribution >= 0.6 is 7.82 Å². The second kappa shape index (κ2) is 9.79. The second-order valence-electron chi connectivity index (χ2n) is 11.8. The number of hydrogen-bond donors (Lipinski definition) is 2. The Morgan fingerprint density at radius 3 is 2.59 bits per heavy atom. The van der Waals surface area contributed by atoms with E-state index in [1.165, 1.54) is 0 Å². The van der Waals surface area contributed by atoms with Crippen LogP contribution in [-0.4, -0.2) is 58.6 Å². The minimum atomic E-state index is -4.48. The number of piperidine rings is 1. The summed E-state index contributed by atoms with van der Waals surface area (Å²) in [5, 5.41) is 12.1. The fourth-order valence-electron chi connectivity index (χ4n) is 7.70. The zero-order valence-corrected chi connectivity index (χ0v) is 23.9. The number of phosphoric ester groups is 1. The summed E-state index contributed by atoms with van der Waals surface area (Å²) in [6.07, 6.45) is 2.18. The van der Waals surface area contributed by atoms with E-state index in [4.69, 9.17) is 13.8 Å². The molecule has 2 aliphatic heterocycles. The van der Waals surface area contributed by atoms with Crippen LogP contribution in [0.15, 0.2) is 66.7 Å². The third kappa shape index (κ3) is 4.19. The number of phosphoric acid groups is 1. The first-order valence-corrected chi connectivity index (χ1v) is 15.8. The fourth-order valence-corrected chi connectivity index (χ4v) is 8.50. The third-order valence-electron chi connectivity index (χ3n) is 9.65. The average molecular weight is 576 g/mol. The highest BCUT2D eigenvalue weighted by molar-refractivity contribution is 7.47. The molecule has 2 heterocycles. The lowest BCUT2D eigenvalue weighted by molar-refractivity contribution is -0.185. The Kier molecular flexibility index (Phi) is 6.41. The molecular weight excluding hydrogens is 541 g/mol. The summed E-state index contributed by atoms with van der Waals surface area (Å²) in [6.45, 7) is 0.759. The summed E-state index contributed by atoms with van der Waals surface area (Å²) in [6, 6.07) is 21.8. The van der Waals surface area contributed by atoms with Gasteiger partial charge in [0.15, 0.2) is 23.4 Å². The Labute approximate surface area is 239 Å². The molecule has 2 bridgehead atoms. The monoisotopic (exact) mass is 575 g/mol. The molecule has 41 heavy (non-hydrogen) atoms. The Morgan fingerprint density at radius 1 is 1.05 bits per heavy atom. The van der Waals surface area contributed by atoms with Crippen molar-refractivity contribution in [1.29, 1.82) is 0 Å². The lowest BCUT2D eigenvalue weighted by Crippen LogP contribution is -2.76. The standard InChI is InChI=1S/C32H34NO7P/c1-33-18-17-31-28-24-13-14-26(29(28)39-30(31)25(34)15-16-32(31,35)27(33)20-24)40-41(36,37)38-19-5-6-21-9-11-23(12-10-21)22-7-3-2-4-8-22/h2-4,7-14,27,30,35H,5-6,15-20H2,1H3,(H,36,37). The van der Waals surface area contributed by atoms with Crippen LogP contribution in [0.25, 0.3) is 11.1 Å². The second-order valence-corrected chi connectivity index (χ2v) is 13.2. The molecule has 3 aromatic rings. The number of nitrogens with zero attached hydrogens (tertiary/aromatic N) is 1. The van der Waals surface area contributed by atoms with Gasteiger partial charge in [-0.25, -0.2) is 4.57 Å². The zero-order valence-electron chi connectivity index (χ0n) is 23.0. The number of ether oxygens (including phenoxy) is 1. The number of carbonyl (C=O) groups is 1. The summed E-state index contributed by atoms with van der Waals surface area (Å²) in [7, 11) is -2.46. The average Bonchev–Trinajstić information content (AvgIpc) is 3.33. The first-order chi connectivity index (χ1) is 19.7. The van der Waals surface area contributed by atoms with Crippen LogP contribution in [-0.2, 0) is 32.1 Å². The number of likely N-dealkylation sites (N-methyl/N-ethyl adjacent to an activating group) is 1. The smallest absolute Gasteiger partial charge is 0.477 e. The first kappa shape index (κ1) is 26.9. The van der Waals surface area contributed by atoms with Gasteiger partial charge in [0.2, 0.25) is 0 Å². The maximum absolute atomic E-state index is 13.1. The van der Waals surface area contributed by atoms with Gasteiger partial charge >= 0.3 is 7.82 Å². The first-order valence-electron chi connectivity index (χ1n) is 14.3. The molecule has 2 N–H and O–H groups in total. The molecule has 0 radical (unpaired) electrons. The number of aliphatic hydroxyl groups is 1. The van der Waals surface area contributed by atoms with Crippen LogP contribution < -0.4 is 9.26 Å². The highest BCUT2D eigenvalue weighted by Crippen LogP contribution is 2.65. The molecule has 0 aromatic heterocycles. The van der Waals surface area contributed by atoms with Crippen molar-refractivity contribution in [1.82, 2.24) is 4.90 Å². The molecule has 5 unspecified atom stereocenters. The van der Waals surface area contributed by atoms with E-state index in [-0.39, 0.29) is 30.6 Å². The molecule has 3 aromatic carbocycles. The number of rotatable bonds is 8. The van der Waals surface area contributed by atoms with Gasteiger partial charge in [-0.1, -0.05) is 60.7 Å². The maximum Gasteiger partial charge on any atom is 0.527 e. The van der Waals surface area contributed by atoms with E-state index in [9.17, 15) is 19.4 Å². The lowest BCUT2D eigenvalue weighted by atomic mass is 9.49. The van der Waals surface area contributed by atoms with Crippen LogP contribution in [0.5, 0.6) is 11.5 Å². The Hall–Kier alpha value is -3.00. The van der Waals surface area contributed by atoms with E-state index in [1.807, 2.05) is 31.3 Å². The van der Waals surface area contributed by atoms with E-state index < -0.39 is 24.9 Å². The minimum Gasteiger partial charge on any atom is -0.477 e. The molecule has 0 amide bonds. The van der Waals surface area contributed by atoms with Crippen molar-refractivity contribution in [3.8, 4) is 22.6 Å². The molecule has 1 saturated heterocycles. The van der Waals surface area contributed by atoms with Gasteiger partial charge in [-0.05, 0) is 74.0 Å². The van der Waals surface area contributed by atoms with E-state index in [1.54, 1.807) is 6.07 Å². The molecule has 5 atom stereocenters. The number of likely N-dealkylation sites (tertiary alicyclic amines) is 1. The number of benzene rings is 3. The van der Waals surface area contributed by atoms with Gasteiger partial charge in [0, 0.05) is 18.0 Å². The molecule has 2 aliphatic carbocycles. The molecule has 4 aliphatic rings. The van der Waals surface area contributed by atoms with E-state index in [0.29, 0.717) is 37.9 Å². The number of Topliss-reactive ketones (excluding diaryl/α,β-unsaturated/α-hetero) is 1. The molecule has 2 fully saturated rings. The molecule has 1 saturated carbocycles. The van der Waals surface area contributed by atoms with Crippen molar-refractivity contribution in [3.05, 3.63) is 83.4 Å². The number of hydrogen-bond acceptors (Lipinski definition) is 7. The molecular formula is C32H34NO7P. The van der Waals surface area contributed by atoms with E-state index in [2.05, 4.69) is 41.3 Å². The fraction of sp³-hybridized carbons (Fsp3) is 0.406. The summed E-state index contributed by atoms with van der Waals surface area (Å²) >= 11 is 0. The molecule has 1 spiro atoms. The highest BCUT2D eigenvalue weighted by Gasteiger charge is 2.72. The Bertz CT molecular complexity index is 1540. The van der Waals surface area contributed by atoms with Crippen molar-refractivity contribution in [2.24, 2.45) is 0 Å². The van der Waals surface area contributed by atoms with Crippen LogP contribution in [0, 0.1) is 0 Å². The van der Waals surface area contributed by atoms with Gasteiger partial charge in [-0.3, -0.25) is 14.2 Å². The zero-order chi connectivity index (χ0) is 28.4. The quantitative estimate of drug-likeness (QED) is 0.291. The van der Waals surface area contributed by atoms with Gasteiger partial charge in [-0.2, -0.15) is 0 Å². The van der Waals surface area contributed by atoms with Crippen molar-refractivity contribution in [3.63, 3.8) is 0 Å². The molecule has 7 rings (SSSR count). The molecule has 8 nitrogen and oxygen atoms in total. The largest absolute Gasteiger partial charge is 0.527 e. The Balaban J connectivity index is 1.05. The molecule has 9 heteroatoms. The van der Waals surface area contributed by atoms with Crippen molar-refractivity contribution in [2.75, 3.05) is 20.2 Å². The van der Waals surface area contributed by atoms with Gasteiger partial charge < -0.3 is 19.3 Å². The normalized spacial score (nSPS) is 29.4. The van der Waals surface area contributed by atoms with Crippen LogP contribution in [0.4, 0.5) is 0 Å². The topological polar surface area (TPSA) is 106 Å². The van der Waals surface area contributed by atoms with Gasteiger partial charge in [0.25, 0.3) is 0 Å². The van der Waals surface area contributed by atoms with Gasteiger partial charge in [0.05, 0.1) is 17.6 Å². The number of aryl methyl sites for hydroxylation is 1. The van der Waals surface area contributed by atoms with Crippen molar-refractivity contribution in [2.45, 2.75) is 61.7 Å². The summed E-state index contributed by atoms with van der Waals surface area (Å²) < 4.78 is 30.1. The van der Waals surface area contributed by atoms with Crippen molar-refractivity contribution < 1.29 is 33.1 Å².